The second-order valence-electron chi connectivity index (χ2n) is 9.56. The van der Waals surface area contributed by atoms with Crippen molar-refractivity contribution in [2.45, 2.75) is 84.4 Å². The smallest absolute Gasteiger partial charge is 0.250 e. The van der Waals surface area contributed by atoms with Crippen LogP contribution in [-0.2, 0) is 11.0 Å². The van der Waals surface area contributed by atoms with E-state index >= 15 is 0 Å². The lowest BCUT2D eigenvalue weighted by Gasteiger charge is -2.37. The normalized spacial score (nSPS) is 14.0. The van der Waals surface area contributed by atoms with Gasteiger partial charge in [-0.05, 0) is 54.0 Å². The first-order chi connectivity index (χ1) is 10.2. The van der Waals surface area contributed by atoms with E-state index in [0.717, 1.165) is 5.75 Å². The summed E-state index contributed by atoms with van der Waals surface area (Å²) in [5.74, 6) is 0.980. The van der Waals surface area contributed by atoms with E-state index in [2.05, 4.69) is 92.0 Å². The Morgan fingerprint density at radius 2 is 1.35 bits per heavy atom. The van der Waals surface area contributed by atoms with Crippen LogP contribution in [0.3, 0.4) is 0 Å². The van der Waals surface area contributed by atoms with Crippen molar-refractivity contribution in [3.8, 4) is 5.75 Å². The number of benzene rings is 1. The van der Waals surface area contributed by atoms with Gasteiger partial charge in [0.05, 0.1) is 6.61 Å². The molecule has 0 atom stereocenters. The van der Waals surface area contributed by atoms with E-state index in [1.165, 1.54) is 5.56 Å². The minimum atomic E-state index is -1.79. The van der Waals surface area contributed by atoms with Gasteiger partial charge in [-0.1, -0.05) is 53.7 Å². The van der Waals surface area contributed by atoms with Crippen LogP contribution in [0, 0.1) is 0 Å². The Morgan fingerprint density at radius 3 is 1.83 bits per heavy atom. The molecule has 0 fully saturated rings. The molecule has 0 amide bonds. The molecule has 0 aliphatic heterocycles. The minimum Gasteiger partial charge on any atom is -0.543 e. The second kappa shape index (κ2) is 6.73. The Labute approximate surface area is 145 Å². The van der Waals surface area contributed by atoms with Gasteiger partial charge in [-0.25, -0.2) is 0 Å². The summed E-state index contributed by atoms with van der Waals surface area (Å²) in [6, 6.07) is 8.42. The zero-order chi connectivity index (χ0) is 18.1. The zero-order valence-electron chi connectivity index (χ0n) is 16.8. The highest BCUT2D eigenvalue weighted by Crippen LogP contribution is 2.38. The van der Waals surface area contributed by atoms with Crippen LogP contribution >= 0.6 is 0 Å². The quantitative estimate of drug-likeness (QED) is 0.556. The molecule has 23 heavy (non-hydrogen) atoms. The van der Waals surface area contributed by atoms with Crippen LogP contribution in [0.25, 0.3) is 0 Å². The van der Waals surface area contributed by atoms with Crippen LogP contribution in [0.2, 0.25) is 36.3 Å². The molecule has 1 rings (SSSR count). The maximum absolute atomic E-state index is 6.40. The Hall–Kier alpha value is -0.586. The first-order valence-corrected chi connectivity index (χ1v) is 14.4. The molecule has 0 heterocycles. The maximum atomic E-state index is 6.40. The van der Waals surface area contributed by atoms with Crippen molar-refractivity contribution < 1.29 is 8.85 Å². The topological polar surface area (TPSA) is 18.5 Å². The van der Waals surface area contributed by atoms with Gasteiger partial charge in [0.1, 0.15) is 5.75 Å². The minimum absolute atomic E-state index is 0.209. The number of hydrogen-bond acceptors (Lipinski definition) is 2. The van der Waals surface area contributed by atoms with E-state index < -0.39 is 16.6 Å². The summed E-state index contributed by atoms with van der Waals surface area (Å²) in [5, 5.41) is 0.447. The monoisotopic (exact) mass is 352 g/mol. The van der Waals surface area contributed by atoms with E-state index in [1.54, 1.807) is 0 Å². The fourth-order valence-electron chi connectivity index (χ4n) is 1.63. The predicted octanol–water partition coefficient (Wildman–Crippen LogP) is 6.59. The molecule has 0 radical (unpaired) electrons. The first kappa shape index (κ1) is 20.5. The molecule has 0 saturated carbocycles. The number of hydrogen-bond donors (Lipinski definition) is 0. The largest absolute Gasteiger partial charge is 0.543 e. The molecule has 0 unspecified atom stereocenters. The van der Waals surface area contributed by atoms with Gasteiger partial charge < -0.3 is 8.85 Å². The van der Waals surface area contributed by atoms with Crippen molar-refractivity contribution in [1.29, 1.82) is 0 Å². The molecule has 0 aliphatic rings. The van der Waals surface area contributed by atoms with E-state index in [-0.39, 0.29) is 10.1 Å². The van der Waals surface area contributed by atoms with Crippen molar-refractivity contribution in [2.24, 2.45) is 0 Å². The van der Waals surface area contributed by atoms with Crippen LogP contribution in [0.4, 0.5) is 0 Å². The third kappa shape index (κ3) is 5.47. The van der Waals surface area contributed by atoms with Crippen LogP contribution in [0.15, 0.2) is 24.3 Å². The molecular weight excluding hydrogens is 316 g/mol. The highest BCUT2D eigenvalue weighted by atomic mass is 28.4. The molecule has 0 aliphatic carbocycles. The van der Waals surface area contributed by atoms with Crippen LogP contribution < -0.4 is 4.43 Å². The molecule has 4 heteroatoms. The molecule has 1 aromatic carbocycles. The molecule has 132 valence electrons. The second-order valence-corrected chi connectivity index (χ2v) is 19.1. The van der Waals surface area contributed by atoms with Gasteiger partial charge in [-0.2, -0.15) is 0 Å². The molecule has 0 bridgehead atoms. The summed E-state index contributed by atoms with van der Waals surface area (Å²) in [4.78, 5) is 0. The molecule has 2 nitrogen and oxygen atoms in total. The predicted molar refractivity (Wildman–Crippen MR) is 106 cm³/mol. The van der Waals surface area contributed by atoms with Crippen molar-refractivity contribution in [3.63, 3.8) is 0 Å². The SMILES string of the molecule is CC(C)(C)[Si](C)(C)OCc1cccc(O[Si](C)(C)C(C)(C)C)c1. The summed E-state index contributed by atoms with van der Waals surface area (Å²) in [6.07, 6.45) is 0. The van der Waals surface area contributed by atoms with Gasteiger partial charge in [0, 0.05) is 0 Å². The van der Waals surface area contributed by atoms with Gasteiger partial charge >= 0.3 is 0 Å². The van der Waals surface area contributed by atoms with Crippen molar-refractivity contribution in [3.05, 3.63) is 29.8 Å². The van der Waals surface area contributed by atoms with Crippen LogP contribution in [0.1, 0.15) is 47.1 Å². The van der Waals surface area contributed by atoms with Crippen molar-refractivity contribution in [1.82, 2.24) is 0 Å². The average molecular weight is 353 g/mol. The molecule has 0 N–H and O–H groups in total. The number of rotatable bonds is 5. The molecule has 0 spiro atoms. The summed E-state index contributed by atoms with van der Waals surface area (Å²) in [7, 11) is -3.50. The third-order valence-electron chi connectivity index (χ3n) is 5.48. The Kier molecular flexibility index (Phi) is 5.99. The average Bonchev–Trinajstić information content (AvgIpc) is 2.33. The Balaban J connectivity index is 2.83. The lowest BCUT2D eigenvalue weighted by atomic mass is 10.2. The third-order valence-corrected chi connectivity index (χ3v) is 14.3. The Bertz CT molecular complexity index is 523. The van der Waals surface area contributed by atoms with Gasteiger partial charge in [0.25, 0.3) is 0 Å². The van der Waals surface area contributed by atoms with Crippen molar-refractivity contribution in [2.75, 3.05) is 0 Å². The van der Waals surface area contributed by atoms with E-state index in [0.29, 0.717) is 6.61 Å². The maximum Gasteiger partial charge on any atom is 0.250 e. The molecular formula is C19H36O2Si2. The highest BCUT2D eigenvalue weighted by molar-refractivity contribution is 6.75. The van der Waals surface area contributed by atoms with E-state index in [1.807, 2.05) is 0 Å². The summed E-state index contributed by atoms with van der Waals surface area (Å²) in [6.45, 7) is 23.5. The molecule has 1 aromatic rings. The summed E-state index contributed by atoms with van der Waals surface area (Å²) in [5.41, 5.74) is 1.20. The van der Waals surface area contributed by atoms with Gasteiger partial charge in [0.15, 0.2) is 8.32 Å². The van der Waals surface area contributed by atoms with Crippen LogP contribution in [-0.4, -0.2) is 16.6 Å². The Morgan fingerprint density at radius 1 is 0.826 bits per heavy atom. The van der Waals surface area contributed by atoms with E-state index in [9.17, 15) is 0 Å². The van der Waals surface area contributed by atoms with Gasteiger partial charge in [-0.15, -0.1) is 0 Å². The summed E-state index contributed by atoms with van der Waals surface area (Å²) < 4.78 is 12.7. The fourth-order valence-corrected chi connectivity index (χ4v) is 3.61. The first-order valence-electron chi connectivity index (χ1n) is 8.58. The standard InChI is InChI=1S/C19H36O2Si2/c1-18(2,3)22(7,8)20-15-16-12-11-13-17(14-16)21-23(9,10)19(4,5)6/h11-14H,15H2,1-10H3. The van der Waals surface area contributed by atoms with Gasteiger partial charge in [0.2, 0.25) is 8.32 Å². The lowest BCUT2D eigenvalue weighted by molar-refractivity contribution is 0.276. The fraction of sp³-hybridized carbons (Fsp3) is 0.684. The molecule has 0 aromatic heterocycles. The van der Waals surface area contributed by atoms with Crippen molar-refractivity contribution >= 4 is 16.6 Å². The summed E-state index contributed by atoms with van der Waals surface area (Å²) >= 11 is 0. The van der Waals surface area contributed by atoms with Crippen LogP contribution in [0.5, 0.6) is 5.75 Å². The lowest BCUT2D eigenvalue weighted by Crippen LogP contribution is -2.43. The highest BCUT2D eigenvalue weighted by Gasteiger charge is 2.39. The van der Waals surface area contributed by atoms with E-state index in [4.69, 9.17) is 8.85 Å². The molecule has 0 saturated heterocycles. The zero-order valence-corrected chi connectivity index (χ0v) is 18.8. The van der Waals surface area contributed by atoms with Gasteiger partial charge in [-0.3, -0.25) is 0 Å².